The van der Waals surface area contributed by atoms with Gasteiger partial charge in [0.05, 0.1) is 29.4 Å². The minimum absolute atomic E-state index is 0.0962. The Morgan fingerprint density at radius 3 is 2.09 bits per heavy atom. The minimum atomic E-state index is -1.49. The second-order valence-corrected chi connectivity index (χ2v) is 13.4. The molecule has 32 heavy (non-hydrogen) atoms. The lowest BCUT2D eigenvalue weighted by Gasteiger charge is -2.18. The number of hydrogen-bond donors (Lipinski definition) is 1. The summed E-state index contributed by atoms with van der Waals surface area (Å²) in [7, 11) is 3.05. The molecular weight excluding hydrogens is 426 g/mol. The first-order valence-electron chi connectivity index (χ1n) is 10.2. The van der Waals surface area contributed by atoms with Crippen LogP contribution in [0.15, 0.2) is 46.9 Å². The van der Waals surface area contributed by atoms with Gasteiger partial charge in [-0.1, -0.05) is 37.0 Å². The molecule has 1 amide bonds. The number of benzene rings is 2. The lowest BCUT2D eigenvalue weighted by Crippen LogP contribution is -2.37. The van der Waals surface area contributed by atoms with Crippen molar-refractivity contribution < 1.29 is 28.2 Å². The smallest absolute Gasteiger partial charge is 0.291 e. The summed E-state index contributed by atoms with van der Waals surface area (Å²) in [6, 6.07) is 12.7. The molecule has 0 aliphatic heterocycles. The summed E-state index contributed by atoms with van der Waals surface area (Å²) in [5.74, 6) is 1.92. The van der Waals surface area contributed by atoms with Crippen molar-refractivity contribution in [2.45, 2.75) is 26.6 Å². The molecule has 0 aliphatic carbocycles. The van der Waals surface area contributed by atoms with E-state index in [2.05, 4.69) is 37.1 Å². The molecule has 0 aliphatic rings. The summed E-state index contributed by atoms with van der Waals surface area (Å²) in [6.07, 6.45) is 0. The molecule has 3 rings (SSSR count). The van der Waals surface area contributed by atoms with Crippen LogP contribution in [-0.4, -0.2) is 35.3 Å². The van der Waals surface area contributed by atoms with Gasteiger partial charge in [0.2, 0.25) is 0 Å². The maximum atomic E-state index is 12.8. The molecule has 0 saturated heterocycles. The maximum absolute atomic E-state index is 12.8. The van der Waals surface area contributed by atoms with Crippen molar-refractivity contribution in [2.24, 2.45) is 0 Å². The van der Waals surface area contributed by atoms with Crippen LogP contribution in [0.25, 0.3) is 0 Å². The number of furan rings is 1. The molecule has 1 aromatic heterocycles. The topological polar surface area (TPSA) is 79.2 Å². The number of aryl methyl sites for hydroxylation is 1. The number of nitrogens with one attached hydrogen (secondary N) is 1. The van der Waals surface area contributed by atoms with Crippen LogP contribution in [0, 0.1) is 6.92 Å². The fourth-order valence-electron chi connectivity index (χ4n) is 3.09. The lowest BCUT2D eigenvalue weighted by atomic mass is 10.2. The van der Waals surface area contributed by atoms with Gasteiger partial charge in [0, 0.05) is 18.2 Å². The Labute approximate surface area is 189 Å². The third kappa shape index (κ3) is 5.08. The molecule has 3 aromatic rings. The van der Waals surface area contributed by atoms with Crippen LogP contribution in [0.5, 0.6) is 28.9 Å². The molecule has 0 radical (unpaired) electrons. The van der Waals surface area contributed by atoms with Gasteiger partial charge in [-0.15, -0.1) is 0 Å². The van der Waals surface area contributed by atoms with Crippen LogP contribution >= 0.6 is 0 Å². The first kappa shape index (κ1) is 23.3. The fourth-order valence-corrected chi connectivity index (χ4v) is 4.23. The molecule has 0 spiro atoms. The summed E-state index contributed by atoms with van der Waals surface area (Å²) in [5, 5.41) is 4.06. The van der Waals surface area contributed by atoms with E-state index < -0.39 is 14.0 Å². The standard InChI is InChI=1S/C24H29NO6Si/c1-15-8-9-17(32(5,6)7)14-19(15)31-22-11-10-18(30-22)24(26)25-23-20(28-3)12-16(27-2)13-21(23)29-4/h8-14H,1-7H3,(H,25,26). The van der Waals surface area contributed by atoms with Crippen molar-refractivity contribution in [2.75, 3.05) is 26.6 Å². The third-order valence-corrected chi connectivity index (χ3v) is 7.07. The molecule has 0 saturated carbocycles. The van der Waals surface area contributed by atoms with Crippen LogP contribution in [0.4, 0.5) is 5.69 Å². The van der Waals surface area contributed by atoms with E-state index in [-0.39, 0.29) is 11.7 Å². The van der Waals surface area contributed by atoms with E-state index >= 15 is 0 Å². The number of carbonyl (C=O) groups excluding carboxylic acids is 1. The molecule has 1 heterocycles. The normalized spacial score (nSPS) is 11.1. The third-order valence-electron chi connectivity index (χ3n) is 5.02. The Hall–Kier alpha value is -3.39. The highest BCUT2D eigenvalue weighted by Crippen LogP contribution is 2.39. The molecule has 0 fully saturated rings. The highest BCUT2D eigenvalue weighted by molar-refractivity contribution is 6.88. The molecule has 2 aromatic carbocycles. The van der Waals surface area contributed by atoms with Gasteiger partial charge < -0.3 is 28.7 Å². The zero-order valence-corrected chi connectivity index (χ0v) is 20.5. The van der Waals surface area contributed by atoms with Gasteiger partial charge in [-0.2, -0.15) is 0 Å². The number of rotatable bonds is 8. The number of amides is 1. The van der Waals surface area contributed by atoms with Crippen LogP contribution in [0.3, 0.4) is 0 Å². The second kappa shape index (κ2) is 9.40. The number of carbonyl (C=O) groups is 1. The average Bonchev–Trinajstić information content (AvgIpc) is 3.23. The molecule has 0 bridgehead atoms. The Kier molecular flexibility index (Phi) is 6.83. The zero-order chi connectivity index (χ0) is 23.5. The number of ether oxygens (including phenoxy) is 4. The van der Waals surface area contributed by atoms with E-state index in [0.717, 1.165) is 5.56 Å². The summed E-state index contributed by atoms with van der Waals surface area (Å²) in [4.78, 5) is 12.8. The van der Waals surface area contributed by atoms with Gasteiger partial charge in [-0.05, 0) is 24.6 Å². The SMILES string of the molecule is COc1cc(OC)c(NC(=O)c2ccc(Oc3cc([Si](C)(C)C)ccc3C)o2)c(OC)c1. The molecule has 170 valence electrons. The van der Waals surface area contributed by atoms with E-state index in [0.29, 0.717) is 28.7 Å². The Bertz CT molecular complexity index is 1090. The molecule has 7 nitrogen and oxygen atoms in total. The van der Waals surface area contributed by atoms with Gasteiger partial charge in [-0.3, -0.25) is 4.79 Å². The predicted octanol–water partition coefficient (Wildman–Crippen LogP) is 5.20. The first-order chi connectivity index (χ1) is 15.2. The largest absolute Gasteiger partial charge is 0.496 e. The Morgan fingerprint density at radius 2 is 1.53 bits per heavy atom. The van der Waals surface area contributed by atoms with Crippen LogP contribution in [-0.2, 0) is 0 Å². The monoisotopic (exact) mass is 455 g/mol. The van der Waals surface area contributed by atoms with E-state index in [1.165, 1.54) is 26.5 Å². The van der Waals surface area contributed by atoms with E-state index in [4.69, 9.17) is 23.4 Å². The van der Waals surface area contributed by atoms with Crippen LogP contribution in [0.1, 0.15) is 16.1 Å². The summed E-state index contributed by atoms with van der Waals surface area (Å²) in [5.41, 5.74) is 1.36. The molecule has 8 heteroatoms. The highest BCUT2D eigenvalue weighted by atomic mass is 28.3. The van der Waals surface area contributed by atoms with E-state index in [1.807, 2.05) is 13.0 Å². The first-order valence-corrected chi connectivity index (χ1v) is 13.7. The van der Waals surface area contributed by atoms with Crippen molar-refractivity contribution >= 4 is 24.9 Å². The van der Waals surface area contributed by atoms with Crippen molar-refractivity contribution in [3.8, 4) is 28.9 Å². The number of hydrogen-bond acceptors (Lipinski definition) is 6. The van der Waals surface area contributed by atoms with E-state index in [9.17, 15) is 4.79 Å². The quantitative estimate of drug-likeness (QED) is 0.470. The van der Waals surface area contributed by atoms with Crippen molar-refractivity contribution in [3.05, 3.63) is 53.8 Å². The summed E-state index contributed by atoms with van der Waals surface area (Å²) >= 11 is 0. The molecule has 0 unspecified atom stereocenters. The molecule has 1 N–H and O–H groups in total. The van der Waals surface area contributed by atoms with Crippen LogP contribution in [0.2, 0.25) is 19.6 Å². The minimum Gasteiger partial charge on any atom is -0.496 e. The van der Waals surface area contributed by atoms with Crippen molar-refractivity contribution in [1.82, 2.24) is 0 Å². The second-order valence-electron chi connectivity index (χ2n) is 8.31. The Balaban J connectivity index is 1.82. The number of anilines is 1. The zero-order valence-electron chi connectivity index (χ0n) is 19.5. The maximum Gasteiger partial charge on any atom is 0.291 e. The van der Waals surface area contributed by atoms with Crippen molar-refractivity contribution in [1.29, 1.82) is 0 Å². The fraction of sp³-hybridized carbons (Fsp3) is 0.292. The van der Waals surface area contributed by atoms with Crippen LogP contribution < -0.4 is 29.5 Å². The average molecular weight is 456 g/mol. The van der Waals surface area contributed by atoms with Gasteiger partial charge in [0.1, 0.15) is 28.7 Å². The van der Waals surface area contributed by atoms with Gasteiger partial charge >= 0.3 is 0 Å². The molecule has 0 atom stereocenters. The van der Waals surface area contributed by atoms with Gasteiger partial charge in [0.15, 0.2) is 5.76 Å². The number of methoxy groups -OCH3 is 3. The predicted molar refractivity (Wildman–Crippen MR) is 127 cm³/mol. The Morgan fingerprint density at radius 1 is 0.875 bits per heavy atom. The summed E-state index contributed by atoms with van der Waals surface area (Å²) < 4.78 is 27.6. The summed E-state index contributed by atoms with van der Waals surface area (Å²) in [6.45, 7) is 8.80. The van der Waals surface area contributed by atoms with E-state index in [1.54, 1.807) is 24.3 Å². The van der Waals surface area contributed by atoms with Gasteiger partial charge in [-0.25, -0.2) is 0 Å². The highest BCUT2D eigenvalue weighted by Gasteiger charge is 2.21. The lowest BCUT2D eigenvalue weighted by molar-refractivity contribution is 0.0991. The van der Waals surface area contributed by atoms with Gasteiger partial charge in [0.25, 0.3) is 11.9 Å². The molecular formula is C24H29NO6Si. The van der Waals surface area contributed by atoms with Crippen molar-refractivity contribution in [3.63, 3.8) is 0 Å².